The Morgan fingerprint density at radius 1 is 1.73 bits per heavy atom. The maximum Gasteiger partial charge on any atom is 0.355 e. The molecule has 1 aliphatic heterocycles. The van der Waals surface area contributed by atoms with Crippen LogP contribution in [0.5, 0.6) is 0 Å². The number of thioether (sulfide) groups is 1. The van der Waals surface area contributed by atoms with E-state index in [4.69, 9.17) is 9.84 Å². The molecule has 0 aliphatic carbocycles. The van der Waals surface area contributed by atoms with Crippen LogP contribution in [0, 0.1) is 0 Å². The lowest BCUT2D eigenvalue weighted by Crippen LogP contribution is -2.09. The second-order valence-electron chi connectivity index (χ2n) is 2.87. The third-order valence-electron chi connectivity index (χ3n) is 1.83. The van der Waals surface area contributed by atoms with Crippen LogP contribution in [-0.4, -0.2) is 33.9 Å². The summed E-state index contributed by atoms with van der Waals surface area (Å²) in [5.41, 5.74) is 0.0221. The summed E-state index contributed by atoms with van der Waals surface area (Å²) in [5, 5.41) is 9.88. The van der Waals surface area contributed by atoms with Crippen molar-refractivity contribution in [3.05, 3.63) is 11.1 Å². The number of carboxylic acid groups (broad SMARTS) is 1. The SMILES string of the molecule is O=C(O)c1csc(SC2CCOC2=O)n1. The highest BCUT2D eigenvalue weighted by Gasteiger charge is 2.28. The van der Waals surface area contributed by atoms with Crippen LogP contribution >= 0.6 is 23.1 Å². The molecule has 0 radical (unpaired) electrons. The first-order valence-corrected chi connectivity index (χ1v) is 5.95. The summed E-state index contributed by atoms with van der Waals surface area (Å²) in [6.45, 7) is 0.438. The third-order valence-corrected chi connectivity index (χ3v) is 4.05. The van der Waals surface area contributed by atoms with Gasteiger partial charge < -0.3 is 9.84 Å². The molecule has 1 aromatic heterocycles. The van der Waals surface area contributed by atoms with Crippen LogP contribution in [0.15, 0.2) is 9.72 Å². The van der Waals surface area contributed by atoms with Gasteiger partial charge in [-0.15, -0.1) is 11.3 Å². The zero-order chi connectivity index (χ0) is 10.8. The van der Waals surface area contributed by atoms with Crippen LogP contribution in [0.2, 0.25) is 0 Å². The van der Waals surface area contributed by atoms with Gasteiger partial charge in [-0.25, -0.2) is 9.78 Å². The topological polar surface area (TPSA) is 76.5 Å². The van der Waals surface area contributed by atoms with Gasteiger partial charge >= 0.3 is 11.9 Å². The van der Waals surface area contributed by atoms with Crippen molar-refractivity contribution in [1.82, 2.24) is 4.98 Å². The van der Waals surface area contributed by atoms with Gasteiger partial charge in [-0.3, -0.25) is 4.79 Å². The van der Waals surface area contributed by atoms with E-state index in [1.165, 1.54) is 28.5 Å². The Bertz CT molecular complexity index is 403. The van der Waals surface area contributed by atoms with Gasteiger partial charge in [0, 0.05) is 11.8 Å². The summed E-state index contributed by atoms with van der Waals surface area (Å²) in [6.07, 6.45) is 0.658. The van der Waals surface area contributed by atoms with Crippen LogP contribution < -0.4 is 0 Å². The van der Waals surface area contributed by atoms with Gasteiger partial charge in [0.1, 0.15) is 5.25 Å². The first-order valence-electron chi connectivity index (χ1n) is 4.19. The average molecular weight is 245 g/mol. The molecule has 7 heteroatoms. The molecule has 2 heterocycles. The monoisotopic (exact) mass is 245 g/mol. The van der Waals surface area contributed by atoms with Crippen molar-refractivity contribution in [3.63, 3.8) is 0 Å². The van der Waals surface area contributed by atoms with Gasteiger partial charge in [0.25, 0.3) is 0 Å². The van der Waals surface area contributed by atoms with Crippen molar-refractivity contribution < 1.29 is 19.4 Å². The molecular formula is C8H7NO4S2. The number of hydrogen-bond donors (Lipinski definition) is 1. The van der Waals surface area contributed by atoms with Gasteiger partial charge in [0.05, 0.1) is 6.61 Å². The molecular weight excluding hydrogens is 238 g/mol. The van der Waals surface area contributed by atoms with E-state index < -0.39 is 5.97 Å². The second-order valence-corrected chi connectivity index (χ2v) is 5.17. The smallest absolute Gasteiger partial charge is 0.355 e. The highest BCUT2D eigenvalue weighted by Crippen LogP contribution is 2.31. The minimum absolute atomic E-state index is 0.0221. The Morgan fingerprint density at radius 2 is 2.53 bits per heavy atom. The first kappa shape index (κ1) is 10.4. The number of rotatable bonds is 3. The molecule has 1 N–H and O–H groups in total. The lowest BCUT2D eigenvalue weighted by Gasteiger charge is -2.00. The zero-order valence-corrected chi connectivity index (χ0v) is 9.14. The minimum Gasteiger partial charge on any atom is -0.476 e. The van der Waals surface area contributed by atoms with E-state index in [-0.39, 0.29) is 16.9 Å². The maximum atomic E-state index is 11.1. The number of ether oxygens (including phenoxy) is 1. The molecule has 0 saturated carbocycles. The van der Waals surface area contributed by atoms with E-state index in [2.05, 4.69) is 4.98 Å². The number of cyclic esters (lactones) is 1. The standard InChI is InChI=1S/C8H7NO4S2/c10-6(11)4-3-14-8(9-4)15-5-1-2-13-7(5)12/h3,5H,1-2H2,(H,10,11). The molecule has 0 amide bonds. The number of esters is 1. The van der Waals surface area contributed by atoms with Crippen LogP contribution in [0.3, 0.4) is 0 Å². The number of carbonyl (C=O) groups is 2. The van der Waals surface area contributed by atoms with Crippen molar-refractivity contribution in [2.45, 2.75) is 16.0 Å². The zero-order valence-electron chi connectivity index (χ0n) is 7.50. The van der Waals surface area contributed by atoms with E-state index in [1.807, 2.05) is 0 Å². The Labute approximate surface area is 93.5 Å². The molecule has 1 aliphatic rings. The highest BCUT2D eigenvalue weighted by molar-refractivity contribution is 8.02. The van der Waals surface area contributed by atoms with Crippen molar-refractivity contribution in [3.8, 4) is 0 Å². The molecule has 0 bridgehead atoms. The predicted octanol–water partition coefficient (Wildman–Crippen LogP) is 1.25. The number of nitrogens with zero attached hydrogens (tertiary/aromatic N) is 1. The van der Waals surface area contributed by atoms with Crippen LogP contribution in [0.4, 0.5) is 0 Å². The Kier molecular flexibility index (Phi) is 2.92. The van der Waals surface area contributed by atoms with E-state index in [0.717, 1.165) is 0 Å². The first-order chi connectivity index (χ1) is 7.16. The van der Waals surface area contributed by atoms with E-state index in [1.54, 1.807) is 0 Å². The van der Waals surface area contributed by atoms with Gasteiger partial charge in [0.2, 0.25) is 0 Å². The van der Waals surface area contributed by atoms with E-state index in [0.29, 0.717) is 17.4 Å². The summed E-state index contributed by atoms with van der Waals surface area (Å²) >= 11 is 2.50. The molecule has 80 valence electrons. The Morgan fingerprint density at radius 3 is 3.07 bits per heavy atom. The fourth-order valence-corrected chi connectivity index (χ4v) is 3.12. The van der Waals surface area contributed by atoms with E-state index >= 15 is 0 Å². The van der Waals surface area contributed by atoms with Gasteiger partial charge in [-0.1, -0.05) is 11.8 Å². The lowest BCUT2D eigenvalue weighted by atomic mass is 10.4. The average Bonchev–Trinajstić information content (AvgIpc) is 2.77. The van der Waals surface area contributed by atoms with Crippen LogP contribution in [0.25, 0.3) is 0 Å². The van der Waals surface area contributed by atoms with Gasteiger partial charge in [-0.05, 0) is 0 Å². The van der Waals surface area contributed by atoms with Crippen LogP contribution in [0.1, 0.15) is 16.9 Å². The predicted molar refractivity (Wildman–Crippen MR) is 54.3 cm³/mol. The number of aromatic nitrogens is 1. The Balaban J connectivity index is 2.04. The van der Waals surface area contributed by atoms with Crippen molar-refractivity contribution in [2.75, 3.05) is 6.61 Å². The highest BCUT2D eigenvalue weighted by atomic mass is 32.2. The summed E-state index contributed by atoms with van der Waals surface area (Å²) < 4.78 is 5.39. The number of aromatic carboxylic acids is 1. The molecule has 1 aromatic rings. The molecule has 1 unspecified atom stereocenters. The van der Waals surface area contributed by atoms with Crippen molar-refractivity contribution in [1.29, 1.82) is 0 Å². The third kappa shape index (κ3) is 2.29. The summed E-state index contributed by atoms with van der Waals surface area (Å²) in [5.74, 6) is -1.29. The Hall–Kier alpha value is -1.08. The van der Waals surface area contributed by atoms with Gasteiger partial charge in [0.15, 0.2) is 10.0 Å². The second kappa shape index (κ2) is 4.19. The molecule has 0 spiro atoms. The minimum atomic E-state index is -1.05. The molecule has 0 aromatic carbocycles. The number of carboxylic acids is 1. The largest absolute Gasteiger partial charge is 0.476 e. The molecule has 5 nitrogen and oxygen atoms in total. The molecule has 1 atom stereocenters. The summed E-state index contributed by atoms with van der Waals surface area (Å²) in [6, 6.07) is 0. The van der Waals surface area contributed by atoms with Crippen LogP contribution in [-0.2, 0) is 9.53 Å². The summed E-state index contributed by atoms with van der Waals surface area (Å²) in [7, 11) is 0. The van der Waals surface area contributed by atoms with Crippen molar-refractivity contribution in [2.24, 2.45) is 0 Å². The summed E-state index contributed by atoms with van der Waals surface area (Å²) in [4.78, 5) is 25.6. The fourth-order valence-electron chi connectivity index (χ4n) is 1.12. The molecule has 1 fully saturated rings. The van der Waals surface area contributed by atoms with Crippen molar-refractivity contribution >= 4 is 35.0 Å². The number of hydrogen-bond acceptors (Lipinski definition) is 6. The quantitative estimate of drug-likeness (QED) is 0.808. The molecule has 2 rings (SSSR count). The maximum absolute atomic E-state index is 11.1. The fraction of sp³-hybridized carbons (Fsp3) is 0.375. The van der Waals surface area contributed by atoms with E-state index in [9.17, 15) is 9.59 Å². The number of thiazole rings is 1. The van der Waals surface area contributed by atoms with Gasteiger partial charge in [-0.2, -0.15) is 0 Å². The molecule has 1 saturated heterocycles. The normalized spacial score (nSPS) is 20.3. The number of carbonyl (C=O) groups excluding carboxylic acids is 1. The lowest BCUT2D eigenvalue weighted by molar-refractivity contribution is -0.137. The molecule has 15 heavy (non-hydrogen) atoms.